The number of aromatic nitrogens is 2. The molecule has 2 aliphatic rings. The lowest BCUT2D eigenvalue weighted by molar-refractivity contribution is 0.0922. The van der Waals surface area contributed by atoms with Gasteiger partial charge in [0, 0.05) is 44.1 Å². The van der Waals surface area contributed by atoms with Crippen LogP contribution in [0.4, 0.5) is 16.0 Å². The van der Waals surface area contributed by atoms with Gasteiger partial charge in [0.25, 0.3) is 5.91 Å². The molecule has 28 heavy (non-hydrogen) atoms. The highest BCUT2D eigenvalue weighted by Crippen LogP contribution is 2.20. The number of benzene rings is 1. The van der Waals surface area contributed by atoms with Crippen molar-refractivity contribution in [1.82, 2.24) is 15.3 Å². The maximum Gasteiger partial charge on any atom is 0.270 e. The molecule has 2 aromatic rings. The van der Waals surface area contributed by atoms with E-state index in [4.69, 9.17) is 0 Å². The van der Waals surface area contributed by atoms with E-state index in [2.05, 4.69) is 25.1 Å². The molecular weight excluding hydrogens is 357 g/mol. The Balaban J connectivity index is 1.36. The van der Waals surface area contributed by atoms with Gasteiger partial charge in [-0.3, -0.25) is 4.79 Å². The Morgan fingerprint density at radius 2 is 1.64 bits per heavy atom. The van der Waals surface area contributed by atoms with Crippen molar-refractivity contribution in [2.24, 2.45) is 0 Å². The van der Waals surface area contributed by atoms with Crippen LogP contribution in [0.25, 0.3) is 0 Å². The monoisotopic (exact) mass is 383 g/mol. The van der Waals surface area contributed by atoms with Gasteiger partial charge in [-0.25, -0.2) is 14.4 Å². The molecule has 1 N–H and O–H groups in total. The maximum atomic E-state index is 13.1. The minimum atomic E-state index is -0.223. The van der Waals surface area contributed by atoms with Crippen LogP contribution in [-0.4, -0.2) is 48.1 Å². The van der Waals surface area contributed by atoms with Crippen molar-refractivity contribution in [3.8, 4) is 0 Å². The standard InChI is InChI=1S/C21H26FN5O/c22-16-6-8-18(9-7-16)26-12-14-27(15-13-26)21-23-11-10-19(25-21)20(28)24-17-4-2-1-3-5-17/h6-11,17H,1-5,12-15H2,(H,24,28). The predicted octanol–water partition coefficient (Wildman–Crippen LogP) is 3.00. The summed E-state index contributed by atoms with van der Waals surface area (Å²) in [4.78, 5) is 25.7. The summed E-state index contributed by atoms with van der Waals surface area (Å²) in [6.45, 7) is 3.11. The van der Waals surface area contributed by atoms with Gasteiger partial charge in [-0.05, 0) is 43.2 Å². The van der Waals surface area contributed by atoms with Crippen molar-refractivity contribution < 1.29 is 9.18 Å². The molecule has 148 valence electrons. The molecule has 1 aliphatic heterocycles. The molecule has 6 nitrogen and oxygen atoms in total. The van der Waals surface area contributed by atoms with Crippen molar-refractivity contribution in [1.29, 1.82) is 0 Å². The van der Waals surface area contributed by atoms with Crippen LogP contribution in [-0.2, 0) is 0 Å². The van der Waals surface area contributed by atoms with Crippen LogP contribution < -0.4 is 15.1 Å². The lowest BCUT2D eigenvalue weighted by Crippen LogP contribution is -2.47. The first-order valence-corrected chi connectivity index (χ1v) is 10.1. The number of hydrogen-bond acceptors (Lipinski definition) is 5. The lowest BCUT2D eigenvalue weighted by Gasteiger charge is -2.36. The number of hydrogen-bond donors (Lipinski definition) is 1. The Bertz CT molecular complexity index is 799. The molecule has 7 heteroatoms. The van der Waals surface area contributed by atoms with Gasteiger partial charge in [-0.15, -0.1) is 0 Å². The second-order valence-corrected chi connectivity index (χ2v) is 7.50. The van der Waals surface area contributed by atoms with Crippen molar-refractivity contribution in [3.05, 3.63) is 48.0 Å². The molecule has 4 rings (SSSR count). The predicted molar refractivity (Wildman–Crippen MR) is 107 cm³/mol. The van der Waals surface area contributed by atoms with Gasteiger partial charge in [0.2, 0.25) is 5.95 Å². The number of halogens is 1. The summed E-state index contributed by atoms with van der Waals surface area (Å²) in [5.41, 5.74) is 1.44. The van der Waals surface area contributed by atoms with Gasteiger partial charge in [0.1, 0.15) is 11.5 Å². The smallest absolute Gasteiger partial charge is 0.270 e. The van der Waals surface area contributed by atoms with E-state index in [9.17, 15) is 9.18 Å². The third-order valence-electron chi connectivity index (χ3n) is 5.57. The number of carbonyl (C=O) groups excluding carboxylic acids is 1. The first kappa shape index (κ1) is 18.7. The molecule has 1 saturated heterocycles. The molecule has 0 unspecified atom stereocenters. The molecule has 1 aromatic heterocycles. The Morgan fingerprint density at radius 3 is 2.36 bits per heavy atom. The number of carbonyl (C=O) groups is 1. The van der Waals surface area contributed by atoms with Crippen LogP contribution in [0.15, 0.2) is 36.5 Å². The van der Waals surface area contributed by atoms with Crippen LogP contribution in [0.3, 0.4) is 0 Å². The third-order valence-corrected chi connectivity index (χ3v) is 5.57. The van der Waals surface area contributed by atoms with E-state index >= 15 is 0 Å². The van der Waals surface area contributed by atoms with Gasteiger partial charge in [-0.2, -0.15) is 0 Å². The number of rotatable bonds is 4. The van der Waals surface area contributed by atoms with Gasteiger partial charge in [0.15, 0.2) is 0 Å². The topological polar surface area (TPSA) is 61.4 Å². The fourth-order valence-corrected chi connectivity index (χ4v) is 3.95. The molecule has 1 aromatic carbocycles. The highest BCUT2D eigenvalue weighted by molar-refractivity contribution is 5.92. The van der Waals surface area contributed by atoms with Crippen molar-refractivity contribution in [2.45, 2.75) is 38.1 Å². The van der Waals surface area contributed by atoms with E-state index in [1.165, 1.54) is 31.4 Å². The SMILES string of the molecule is O=C(NC1CCCCC1)c1ccnc(N2CCN(c3ccc(F)cc3)CC2)n1. The molecule has 2 heterocycles. The summed E-state index contributed by atoms with van der Waals surface area (Å²) in [5, 5.41) is 3.11. The van der Waals surface area contributed by atoms with E-state index in [1.54, 1.807) is 24.4 Å². The fourth-order valence-electron chi connectivity index (χ4n) is 3.95. The molecule has 0 spiro atoms. The minimum absolute atomic E-state index is 0.111. The largest absolute Gasteiger partial charge is 0.368 e. The third kappa shape index (κ3) is 4.40. The summed E-state index contributed by atoms with van der Waals surface area (Å²) in [5.74, 6) is 0.259. The van der Waals surface area contributed by atoms with Crippen LogP contribution in [0, 0.1) is 5.82 Å². The summed E-state index contributed by atoms with van der Waals surface area (Å²) in [6, 6.07) is 8.52. The van der Waals surface area contributed by atoms with Crippen LogP contribution in [0.1, 0.15) is 42.6 Å². The number of amides is 1. The van der Waals surface area contributed by atoms with Gasteiger partial charge >= 0.3 is 0 Å². The molecule has 1 amide bonds. The zero-order chi connectivity index (χ0) is 19.3. The maximum absolute atomic E-state index is 13.1. The van der Waals surface area contributed by atoms with Gasteiger partial charge < -0.3 is 15.1 Å². The minimum Gasteiger partial charge on any atom is -0.368 e. The van der Waals surface area contributed by atoms with E-state index in [0.29, 0.717) is 11.6 Å². The first-order valence-electron chi connectivity index (χ1n) is 10.1. The Kier molecular flexibility index (Phi) is 5.69. The van der Waals surface area contributed by atoms with Crippen molar-refractivity contribution in [3.63, 3.8) is 0 Å². The number of piperazine rings is 1. The molecule has 2 fully saturated rings. The van der Waals surface area contributed by atoms with E-state index < -0.39 is 0 Å². The highest BCUT2D eigenvalue weighted by atomic mass is 19.1. The summed E-state index contributed by atoms with van der Waals surface area (Å²) < 4.78 is 13.1. The molecule has 0 atom stereocenters. The number of anilines is 2. The average Bonchev–Trinajstić information content (AvgIpc) is 2.75. The molecule has 1 aliphatic carbocycles. The molecule has 0 bridgehead atoms. The Morgan fingerprint density at radius 1 is 0.964 bits per heavy atom. The van der Waals surface area contributed by atoms with Crippen molar-refractivity contribution >= 4 is 17.5 Å². The number of nitrogens with one attached hydrogen (secondary N) is 1. The Hall–Kier alpha value is -2.70. The summed E-state index contributed by atoms with van der Waals surface area (Å²) in [6.07, 6.45) is 7.37. The zero-order valence-corrected chi connectivity index (χ0v) is 16.0. The zero-order valence-electron chi connectivity index (χ0n) is 16.0. The second-order valence-electron chi connectivity index (χ2n) is 7.50. The average molecular weight is 383 g/mol. The molecule has 1 saturated carbocycles. The van der Waals surface area contributed by atoms with Gasteiger partial charge in [-0.1, -0.05) is 19.3 Å². The number of nitrogens with zero attached hydrogens (tertiary/aromatic N) is 4. The first-order chi connectivity index (χ1) is 13.7. The fraction of sp³-hybridized carbons (Fsp3) is 0.476. The normalized spacial score (nSPS) is 18.2. The highest BCUT2D eigenvalue weighted by Gasteiger charge is 2.22. The van der Waals surface area contributed by atoms with Crippen molar-refractivity contribution in [2.75, 3.05) is 36.0 Å². The van der Waals surface area contributed by atoms with Crippen LogP contribution >= 0.6 is 0 Å². The summed E-state index contributed by atoms with van der Waals surface area (Å²) in [7, 11) is 0. The summed E-state index contributed by atoms with van der Waals surface area (Å²) >= 11 is 0. The second kappa shape index (κ2) is 8.54. The van der Waals surface area contributed by atoms with Crippen LogP contribution in [0.5, 0.6) is 0 Å². The van der Waals surface area contributed by atoms with E-state index in [-0.39, 0.29) is 17.8 Å². The van der Waals surface area contributed by atoms with Crippen LogP contribution in [0.2, 0.25) is 0 Å². The lowest BCUT2D eigenvalue weighted by atomic mass is 9.95. The van der Waals surface area contributed by atoms with E-state index in [0.717, 1.165) is 44.7 Å². The Labute approximate surface area is 164 Å². The van der Waals surface area contributed by atoms with E-state index in [1.807, 2.05) is 0 Å². The van der Waals surface area contributed by atoms with Gasteiger partial charge in [0.05, 0.1) is 0 Å². The quantitative estimate of drug-likeness (QED) is 0.879. The molecule has 0 radical (unpaired) electrons. The molecular formula is C21H26FN5O.